The Morgan fingerprint density at radius 2 is 1.97 bits per heavy atom. The topological polar surface area (TPSA) is 100 Å². The molecule has 0 aliphatic carbocycles. The number of H-pyrrole nitrogens is 1. The Kier molecular flexibility index (Phi) is 9.13. The van der Waals surface area contributed by atoms with Crippen LogP contribution in [0.5, 0.6) is 5.75 Å². The van der Waals surface area contributed by atoms with E-state index in [2.05, 4.69) is 35.8 Å². The van der Waals surface area contributed by atoms with Crippen molar-refractivity contribution in [3.05, 3.63) is 59.1 Å². The first-order valence-electron chi connectivity index (χ1n) is 8.78. The van der Waals surface area contributed by atoms with Crippen molar-refractivity contribution in [1.82, 2.24) is 30.8 Å². The Morgan fingerprint density at radius 3 is 2.62 bits per heavy atom. The van der Waals surface area contributed by atoms with Crippen LogP contribution in [0.25, 0.3) is 11.4 Å². The Morgan fingerprint density at radius 1 is 1.17 bits per heavy atom. The number of aromatic amines is 1. The average molecular weight is 528 g/mol. The highest BCUT2D eigenvalue weighted by Gasteiger charge is 2.07. The second-order valence-electron chi connectivity index (χ2n) is 5.93. The molecule has 29 heavy (non-hydrogen) atoms. The summed E-state index contributed by atoms with van der Waals surface area (Å²) in [6.07, 6.45) is 2.59. The molecule has 0 saturated carbocycles. The number of aliphatic imine (C=N–C) groups is 1. The van der Waals surface area contributed by atoms with Crippen molar-refractivity contribution in [2.45, 2.75) is 13.0 Å². The van der Waals surface area contributed by atoms with Crippen molar-refractivity contribution < 1.29 is 4.74 Å². The lowest BCUT2D eigenvalue weighted by molar-refractivity contribution is 0.415. The lowest BCUT2D eigenvalue weighted by Crippen LogP contribution is -2.38. The molecule has 1 aromatic carbocycles. The van der Waals surface area contributed by atoms with Gasteiger partial charge in [-0.15, -0.1) is 24.0 Å². The van der Waals surface area contributed by atoms with Crippen LogP contribution >= 0.6 is 35.6 Å². The summed E-state index contributed by atoms with van der Waals surface area (Å²) in [4.78, 5) is 12.8. The third-order valence-electron chi connectivity index (χ3n) is 4.02. The predicted molar refractivity (Wildman–Crippen MR) is 125 cm³/mol. The maximum absolute atomic E-state index is 5.80. The molecule has 0 fully saturated rings. The number of aromatic nitrogens is 4. The van der Waals surface area contributed by atoms with Gasteiger partial charge in [0.05, 0.1) is 13.7 Å². The first kappa shape index (κ1) is 22.9. The average Bonchev–Trinajstić information content (AvgIpc) is 3.21. The van der Waals surface area contributed by atoms with Gasteiger partial charge in [0.2, 0.25) is 0 Å². The molecule has 0 aliphatic heterocycles. The van der Waals surface area contributed by atoms with Crippen LogP contribution < -0.4 is 15.4 Å². The van der Waals surface area contributed by atoms with Crippen molar-refractivity contribution in [3.8, 4) is 17.1 Å². The van der Waals surface area contributed by atoms with Gasteiger partial charge in [0.25, 0.3) is 0 Å². The number of hydrogen-bond donors (Lipinski definition) is 3. The molecule has 0 atom stereocenters. The fourth-order valence-corrected chi connectivity index (χ4v) is 2.62. The lowest BCUT2D eigenvalue weighted by Gasteiger charge is -2.10. The number of benzene rings is 1. The van der Waals surface area contributed by atoms with Crippen LogP contribution in [0, 0.1) is 0 Å². The number of nitrogens with zero attached hydrogens (tertiary/aromatic N) is 4. The summed E-state index contributed by atoms with van der Waals surface area (Å²) in [6, 6.07) is 11.4. The Balaban J connectivity index is 0.00000300. The zero-order chi connectivity index (χ0) is 19.8. The molecule has 3 aromatic rings. The normalized spacial score (nSPS) is 10.9. The van der Waals surface area contributed by atoms with Crippen molar-refractivity contribution >= 4 is 41.5 Å². The van der Waals surface area contributed by atoms with E-state index < -0.39 is 0 Å². The van der Waals surface area contributed by atoms with Gasteiger partial charge in [-0.3, -0.25) is 10.1 Å². The fraction of sp³-hybridized carbons (Fsp3) is 0.263. The first-order chi connectivity index (χ1) is 13.7. The summed E-state index contributed by atoms with van der Waals surface area (Å²) >= 11 is 5.80. The molecule has 0 saturated heterocycles. The van der Waals surface area contributed by atoms with Crippen molar-refractivity contribution in [2.75, 3.05) is 20.7 Å². The first-order valence-corrected chi connectivity index (χ1v) is 9.16. The molecule has 3 rings (SSSR count). The third kappa shape index (κ3) is 6.86. The number of methoxy groups -OCH3 is 1. The van der Waals surface area contributed by atoms with Gasteiger partial charge in [0.1, 0.15) is 16.7 Å². The molecule has 2 aromatic heterocycles. The summed E-state index contributed by atoms with van der Waals surface area (Å²) in [5.41, 5.74) is 2.02. The molecule has 10 heteroatoms. The van der Waals surface area contributed by atoms with Crippen molar-refractivity contribution in [2.24, 2.45) is 4.99 Å². The smallest absolute Gasteiger partial charge is 0.191 e. The van der Waals surface area contributed by atoms with E-state index in [1.165, 1.54) is 0 Å². The van der Waals surface area contributed by atoms with Gasteiger partial charge >= 0.3 is 0 Å². The van der Waals surface area contributed by atoms with E-state index in [4.69, 9.17) is 16.3 Å². The molecule has 0 spiro atoms. The summed E-state index contributed by atoms with van der Waals surface area (Å²) in [7, 11) is 3.36. The van der Waals surface area contributed by atoms with E-state index in [1.54, 1.807) is 26.4 Å². The molecular formula is C19H23ClIN7O. The molecule has 3 N–H and O–H groups in total. The molecular weight excluding hydrogens is 505 g/mol. The minimum atomic E-state index is 0. The van der Waals surface area contributed by atoms with Crippen LogP contribution in [0.4, 0.5) is 0 Å². The number of nitrogens with one attached hydrogen (secondary N) is 3. The maximum atomic E-state index is 5.80. The number of halogens is 2. The van der Waals surface area contributed by atoms with Gasteiger partial charge in [0.15, 0.2) is 11.8 Å². The maximum Gasteiger partial charge on any atom is 0.191 e. The van der Waals surface area contributed by atoms with Gasteiger partial charge in [-0.25, -0.2) is 9.97 Å². The molecule has 2 heterocycles. The zero-order valence-corrected chi connectivity index (χ0v) is 19.2. The van der Waals surface area contributed by atoms with Gasteiger partial charge in [0, 0.05) is 25.4 Å². The Bertz CT molecular complexity index is 913. The van der Waals surface area contributed by atoms with Crippen LogP contribution in [-0.2, 0) is 13.0 Å². The number of rotatable bonds is 7. The largest absolute Gasteiger partial charge is 0.497 e. The standard InChI is InChI=1S/C19H22ClN7O.HI/c1-21-19(22-10-9-13-3-8-16(20)23-11-13)24-12-17-25-18(27-26-17)14-4-6-15(28-2)7-5-14;/h3-8,11H,9-10,12H2,1-2H3,(H2,21,22,24)(H,25,26,27);1H. The quantitative estimate of drug-likeness (QED) is 0.189. The zero-order valence-electron chi connectivity index (χ0n) is 16.1. The van der Waals surface area contributed by atoms with Gasteiger partial charge in [-0.05, 0) is 42.3 Å². The van der Waals surface area contributed by atoms with Crippen LogP contribution in [-0.4, -0.2) is 46.8 Å². The second kappa shape index (κ2) is 11.6. The van der Waals surface area contributed by atoms with Crippen LogP contribution in [0.2, 0.25) is 5.15 Å². The minimum Gasteiger partial charge on any atom is -0.497 e. The van der Waals surface area contributed by atoms with E-state index in [0.29, 0.717) is 23.5 Å². The van der Waals surface area contributed by atoms with Crippen LogP contribution in [0.3, 0.4) is 0 Å². The van der Waals surface area contributed by atoms with E-state index in [1.807, 2.05) is 30.3 Å². The van der Waals surface area contributed by atoms with Crippen molar-refractivity contribution in [3.63, 3.8) is 0 Å². The number of ether oxygens (including phenoxy) is 1. The minimum absolute atomic E-state index is 0. The number of hydrogen-bond acceptors (Lipinski definition) is 5. The van der Waals surface area contributed by atoms with Gasteiger partial charge < -0.3 is 15.4 Å². The molecule has 0 amide bonds. The molecule has 0 radical (unpaired) electrons. The fourth-order valence-electron chi connectivity index (χ4n) is 2.51. The van der Waals surface area contributed by atoms with Gasteiger partial charge in [-0.1, -0.05) is 17.7 Å². The Labute approximate surface area is 191 Å². The molecule has 8 nitrogen and oxygen atoms in total. The second-order valence-corrected chi connectivity index (χ2v) is 6.31. The third-order valence-corrected chi connectivity index (χ3v) is 4.25. The summed E-state index contributed by atoms with van der Waals surface area (Å²) in [5.74, 6) is 2.84. The van der Waals surface area contributed by atoms with Crippen LogP contribution in [0.15, 0.2) is 47.6 Å². The predicted octanol–water partition coefficient (Wildman–Crippen LogP) is 3.05. The van der Waals surface area contributed by atoms with E-state index in [-0.39, 0.29) is 24.0 Å². The van der Waals surface area contributed by atoms with E-state index in [0.717, 1.165) is 35.7 Å². The number of pyridine rings is 1. The summed E-state index contributed by atoms with van der Waals surface area (Å²) in [5, 5.41) is 14.2. The Hall–Kier alpha value is -2.40. The molecule has 0 aliphatic rings. The van der Waals surface area contributed by atoms with Crippen LogP contribution in [0.1, 0.15) is 11.4 Å². The lowest BCUT2D eigenvalue weighted by atomic mass is 10.2. The highest BCUT2D eigenvalue weighted by atomic mass is 127. The molecule has 0 unspecified atom stereocenters. The summed E-state index contributed by atoms with van der Waals surface area (Å²) < 4.78 is 5.17. The van der Waals surface area contributed by atoms with E-state index >= 15 is 0 Å². The number of guanidine groups is 1. The SMILES string of the molecule is CN=C(NCCc1ccc(Cl)nc1)NCc1nc(-c2ccc(OC)cc2)n[nH]1.I. The monoisotopic (exact) mass is 527 g/mol. The van der Waals surface area contributed by atoms with Crippen molar-refractivity contribution in [1.29, 1.82) is 0 Å². The van der Waals surface area contributed by atoms with Gasteiger partial charge in [-0.2, -0.15) is 5.10 Å². The summed E-state index contributed by atoms with van der Waals surface area (Å²) in [6.45, 7) is 1.20. The highest BCUT2D eigenvalue weighted by molar-refractivity contribution is 14.0. The molecule has 0 bridgehead atoms. The highest BCUT2D eigenvalue weighted by Crippen LogP contribution is 2.18. The molecule has 154 valence electrons. The van der Waals surface area contributed by atoms with E-state index in [9.17, 15) is 0 Å².